The van der Waals surface area contributed by atoms with Gasteiger partial charge in [0.1, 0.15) is 0 Å². The summed E-state index contributed by atoms with van der Waals surface area (Å²) in [7, 11) is 0. The van der Waals surface area contributed by atoms with Gasteiger partial charge in [0.25, 0.3) is 0 Å². The minimum Gasteiger partial charge on any atom is -0.383 e. The summed E-state index contributed by atoms with van der Waals surface area (Å²) in [6, 6.07) is 6.55. The third-order valence-electron chi connectivity index (χ3n) is 3.02. The van der Waals surface area contributed by atoms with Crippen molar-refractivity contribution in [3.8, 4) is 6.07 Å². The maximum Gasteiger partial charge on any atom is 0.0683 e. The van der Waals surface area contributed by atoms with Crippen LogP contribution in [0.15, 0.2) is 21.1 Å². The average molecular weight is 388 g/mol. The first kappa shape index (κ1) is 16.5. The van der Waals surface area contributed by atoms with Crippen LogP contribution in [-0.2, 0) is 0 Å². The lowest BCUT2D eigenvalue weighted by Crippen LogP contribution is -2.09. The van der Waals surface area contributed by atoms with Gasteiger partial charge in [0, 0.05) is 15.5 Å². The Kier molecular flexibility index (Phi) is 6.35. The zero-order valence-corrected chi connectivity index (χ0v) is 14.9. The number of unbranched alkanes of at least 4 members (excludes halogenated alkanes) is 1. The summed E-state index contributed by atoms with van der Waals surface area (Å²) in [5, 5.41) is 12.4. The van der Waals surface area contributed by atoms with E-state index in [1.807, 2.05) is 13.8 Å². The van der Waals surface area contributed by atoms with E-state index < -0.39 is 0 Å². The van der Waals surface area contributed by atoms with Gasteiger partial charge in [-0.15, -0.1) is 0 Å². The van der Waals surface area contributed by atoms with Crippen LogP contribution in [0.4, 0.5) is 5.69 Å². The summed E-state index contributed by atoms with van der Waals surface area (Å²) < 4.78 is 2.16. The van der Waals surface area contributed by atoms with E-state index in [0.29, 0.717) is 0 Å². The number of nitriles is 1. The number of nitrogens with zero attached hydrogens (tertiary/aromatic N) is 1. The number of hydrogen-bond donors (Lipinski definition) is 1. The molecule has 0 aliphatic heterocycles. The van der Waals surface area contributed by atoms with E-state index in [2.05, 4.69) is 62.3 Å². The molecule has 2 nitrogen and oxygen atoms in total. The molecule has 0 amide bonds. The van der Waals surface area contributed by atoms with Gasteiger partial charge < -0.3 is 5.32 Å². The molecular weight excluding hydrogens is 368 g/mol. The number of nitrogens with one attached hydrogen (secondary N) is 1. The highest BCUT2D eigenvalue weighted by molar-refractivity contribution is 9.11. The van der Waals surface area contributed by atoms with Crippen molar-refractivity contribution in [2.45, 2.75) is 40.0 Å². The van der Waals surface area contributed by atoms with Gasteiger partial charge in [0.2, 0.25) is 0 Å². The predicted octanol–water partition coefficient (Wildman–Crippen LogP) is 5.65. The molecule has 0 saturated carbocycles. The van der Waals surface area contributed by atoms with Crippen molar-refractivity contribution in [2.24, 2.45) is 5.41 Å². The quantitative estimate of drug-likeness (QED) is 0.640. The lowest BCUT2D eigenvalue weighted by molar-refractivity contribution is 0.430. The number of anilines is 1. The summed E-state index contributed by atoms with van der Waals surface area (Å²) in [6.45, 7) is 6.98. The summed E-state index contributed by atoms with van der Waals surface area (Å²) in [5.74, 6) is 0. The van der Waals surface area contributed by atoms with Crippen molar-refractivity contribution in [1.82, 2.24) is 0 Å². The highest BCUT2D eigenvalue weighted by atomic mass is 79.9. The minimum absolute atomic E-state index is 0.203. The molecule has 0 unspecified atom stereocenters. The van der Waals surface area contributed by atoms with Crippen molar-refractivity contribution in [2.75, 3.05) is 11.9 Å². The fraction of sp³-hybridized carbons (Fsp3) is 0.533. The van der Waals surface area contributed by atoms with E-state index >= 15 is 0 Å². The summed E-state index contributed by atoms with van der Waals surface area (Å²) >= 11 is 7.15. The van der Waals surface area contributed by atoms with Gasteiger partial charge in [0.15, 0.2) is 0 Å². The third-order valence-corrected chi connectivity index (χ3v) is 4.27. The molecule has 4 heteroatoms. The van der Waals surface area contributed by atoms with Crippen LogP contribution in [0.5, 0.6) is 0 Å². The lowest BCUT2D eigenvalue weighted by Gasteiger charge is -2.15. The van der Waals surface area contributed by atoms with E-state index in [-0.39, 0.29) is 5.41 Å². The summed E-state index contributed by atoms with van der Waals surface area (Å²) in [6.07, 6.45) is 3.08. The van der Waals surface area contributed by atoms with Gasteiger partial charge in [-0.3, -0.25) is 0 Å². The van der Waals surface area contributed by atoms with Crippen molar-refractivity contribution in [3.05, 3.63) is 26.6 Å². The number of rotatable bonds is 6. The van der Waals surface area contributed by atoms with Crippen LogP contribution in [0.25, 0.3) is 0 Å². The number of benzene rings is 1. The molecule has 104 valence electrons. The minimum atomic E-state index is -0.203. The van der Waals surface area contributed by atoms with E-state index in [4.69, 9.17) is 5.26 Å². The van der Waals surface area contributed by atoms with Gasteiger partial charge in [-0.05, 0) is 83.2 Å². The molecule has 0 aliphatic carbocycles. The zero-order chi connectivity index (χ0) is 14.5. The molecule has 0 aliphatic rings. The molecule has 0 spiro atoms. The largest absolute Gasteiger partial charge is 0.383 e. The standard InChI is InChI=1S/C15H20Br2N2/c1-11-8-12(16)14(13(17)9-11)19-7-5-4-6-15(2,3)10-18/h8-9,19H,4-7H2,1-3H3. The van der Waals surface area contributed by atoms with Crippen LogP contribution in [0.3, 0.4) is 0 Å². The maximum absolute atomic E-state index is 8.95. The van der Waals surface area contributed by atoms with Crippen LogP contribution in [0.2, 0.25) is 0 Å². The highest BCUT2D eigenvalue weighted by Gasteiger charge is 2.15. The molecule has 0 heterocycles. The fourth-order valence-corrected chi connectivity index (χ4v) is 3.53. The normalized spacial score (nSPS) is 11.2. The summed E-state index contributed by atoms with van der Waals surface area (Å²) in [4.78, 5) is 0. The van der Waals surface area contributed by atoms with E-state index in [1.165, 1.54) is 5.56 Å². The molecule has 1 aromatic rings. The molecule has 0 atom stereocenters. The van der Waals surface area contributed by atoms with Crippen LogP contribution >= 0.6 is 31.9 Å². The molecule has 0 aromatic heterocycles. The van der Waals surface area contributed by atoms with Crippen LogP contribution in [-0.4, -0.2) is 6.54 Å². The van der Waals surface area contributed by atoms with E-state index in [0.717, 1.165) is 40.4 Å². The topological polar surface area (TPSA) is 35.8 Å². The molecule has 0 radical (unpaired) electrons. The SMILES string of the molecule is Cc1cc(Br)c(NCCCCC(C)(C)C#N)c(Br)c1. The van der Waals surface area contributed by atoms with Gasteiger partial charge in [0.05, 0.1) is 17.2 Å². The zero-order valence-electron chi connectivity index (χ0n) is 11.7. The molecule has 0 saturated heterocycles. The van der Waals surface area contributed by atoms with Gasteiger partial charge in [-0.2, -0.15) is 5.26 Å². The van der Waals surface area contributed by atoms with Crippen LogP contribution < -0.4 is 5.32 Å². The second kappa shape index (κ2) is 7.31. The van der Waals surface area contributed by atoms with Gasteiger partial charge in [-0.25, -0.2) is 0 Å². The fourth-order valence-electron chi connectivity index (χ4n) is 1.83. The second-order valence-corrected chi connectivity index (χ2v) is 7.19. The number of halogens is 2. The Morgan fingerprint density at radius 1 is 1.21 bits per heavy atom. The average Bonchev–Trinajstić information content (AvgIpc) is 2.31. The van der Waals surface area contributed by atoms with Crippen molar-refractivity contribution in [3.63, 3.8) is 0 Å². The first-order chi connectivity index (χ1) is 8.85. The highest BCUT2D eigenvalue weighted by Crippen LogP contribution is 2.32. The van der Waals surface area contributed by atoms with Gasteiger partial charge >= 0.3 is 0 Å². The van der Waals surface area contributed by atoms with E-state index in [1.54, 1.807) is 0 Å². The molecular formula is C15H20Br2N2. The Morgan fingerprint density at radius 2 is 1.79 bits per heavy atom. The molecule has 1 N–H and O–H groups in total. The number of hydrogen-bond acceptors (Lipinski definition) is 2. The number of aryl methyl sites for hydroxylation is 1. The molecule has 1 aromatic carbocycles. The van der Waals surface area contributed by atoms with Crippen molar-refractivity contribution < 1.29 is 0 Å². The Balaban J connectivity index is 2.41. The third kappa shape index (κ3) is 5.54. The van der Waals surface area contributed by atoms with Gasteiger partial charge in [-0.1, -0.05) is 6.42 Å². The predicted molar refractivity (Wildman–Crippen MR) is 88.3 cm³/mol. The Bertz CT molecular complexity index is 453. The molecule has 0 fully saturated rings. The molecule has 19 heavy (non-hydrogen) atoms. The van der Waals surface area contributed by atoms with Crippen LogP contribution in [0.1, 0.15) is 38.7 Å². The van der Waals surface area contributed by atoms with Crippen molar-refractivity contribution in [1.29, 1.82) is 5.26 Å². The van der Waals surface area contributed by atoms with Crippen molar-refractivity contribution >= 4 is 37.5 Å². The smallest absolute Gasteiger partial charge is 0.0683 e. The second-order valence-electron chi connectivity index (χ2n) is 5.48. The first-order valence-electron chi connectivity index (χ1n) is 6.46. The Morgan fingerprint density at radius 3 is 2.32 bits per heavy atom. The maximum atomic E-state index is 8.95. The first-order valence-corrected chi connectivity index (χ1v) is 8.05. The summed E-state index contributed by atoms with van der Waals surface area (Å²) in [5.41, 5.74) is 2.12. The van der Waals surface area contributed by atoms with E-state index in [9.17, 15) is 0 Å². The molecule has 1 rings (SSSR count). The van der Waals surface area contributed by atoms with Crippen LogP contribution in [0, 0.1) is 23.7 Å². The Hall–Kier alpha value is -0.530. The lowest BCUT2D eigenvalue weighted by atomic mass is 9.89. The monoisotopic (exact) mass is 386 g/mol. The molecule has 0 bridgehead atoms. The Labute approximate surface area is 132 Å².